The lowest BCUT2D eigenvalue weighted by atomic mass is 10.2. The van der Waals surface area contributed by atoms with Gasteiger partial charge in [-0.1, -0.05) is 24.3 Å². The minimum absolute atomic E-state index is 0.751. The summed E-state index contributed by atoms with van der Waals surface area (Å²) in [4.78, 5) is 0. The van der Waals surface area contributed by atoms with Crippen molar-refractivity contribution in [2.75, 3.05) is 22.1 Å². The van der Waals surface area contributed by atoms with E-state index in [0.717, 1.165) is 35.8 Å². The van der Waals surface area contributed by atoms with Crippen molar-refractivity contribution < 1.29 is 0 Å². The maximum atomic E-state index is 5.79. The van der Waals surface area contributed by atoms with Crippen LogP contribution in [-0.4, -0.2) is 0 Å². The average Bonchev–Trinajstić information content (AvgIpc) is 2.59. The molecule has 4 heteroatoms. The molecular formula is C20H22N4. The molecule has 122 valence electrons. The van der Waals surface area contributed by atoms with Gasteiger partial charge in [-0.05, 0) is 59.7 Å². The number of anilines is 4. The van der Waals surface area contributed by atoms with Crippen LogP contribution in [0.1, 0.15) is 11.1 Å². The van der Waals surface area contributed by atoms with Crippen LogP contribution in [-0.2, 0) is 13.1 Å². The molecule has 0 bridgehead atoms. The highest BCUT2D eigenvalue weighted by molar-refractivity contribution is 5.54. The summed E-state index contributed by atoms with van der Waals surface area (Å²) in [7, 11) is 0. The third-order valence-electron chi connectivity index (χ3n) is 3.78. The van der Waals surface area contributed by atoms with E-state index in [0.29, 0.717) is 0 Å². The van der Waals surface area contributed by atoms with Gasteiger partial charge in [0.25, 0.3) is 0 Å². The predicted molar refractivity (Wildman–Crippen MR) is 103 cm³/mol. The molecule has 3 aromatic carbocycles. The molecule has 0 saturated carbocycles. The molecule has 0 fully saturated rings. The zero-order valence-corrected chi connectivity index (χ0v) is 13.5. The molecule has 0 heterocycles. The van der Waals surface area contributed by atoms with Crippen LogP contribution in [0.15, 0.2) is 72.8 Å². The lowest BCUT2D eigenvalue weighted by Crippen LogP contribution is -2.02. The van der Waals surface area contributed by atoms with Crippen molar-refractivity contribution >= 4 is 22.7 Å². The summed E-state index contributed by atoms with van der Waals surface area (Å²) < 4.78 is 0. The lowest BCUT2D eigenvalue weighted by Gasteiger charge is -2.10. The Morgan fingerprint density at radius 2 is 1.00 bits per heavy atom. The van der Waals surface area contributed by atoms with Gasteiger partial charge >= 0.3 is 0 Å². The van der Waals surface area contributed by atoms with Gasteiger partial charge < -0.3 is 22.1 Å². The molecular weight excluding hydrogens is 296 g/mol. The molecule has 0 atom stereocenters. The van der Waals surface area contributed by atoms with Crippen molar-refractivity contribution in [1.82, 2.24) is 0 Å². The fraction of sp³-hybridized carbons (Fsp3) is 0.100. The Morgan fingerprint density at radius 1 is 0.583 bits per heavy atom. The van der Waals surface area contributed by atoms with E-state index in [1.807, 2.05) is 36.4 Å². The summed E-state index contributed by atoms with van der Waals surface area (Å²) in [6, 6.07) is 24.1. The summed E-state index contributed by atoms with van der Waals surface area (Å²) in [5.41, 5.74) is 17.6. The summed E-state index contributed by atoms with van der Waals surface area (Å²) >= 11 is 0. The largest absolute Gasteiger partial charge is 0.399 e. The molecule has 24 heavy (non-hydrogen) atoms. The van der Waals surface area contributed by atoms with Crippen LogP contribution >= 0.6 is 0 Å². The van der Waals surface area contributed by atoms with E-state index in [1.165, 1.54) is 11.1 Å². The SMILES string of the molecule is Nc1cccc(CNc2ccc(NCc3cccc(N)c3)cc2)c1. The lowest BCUT2D eigenvalue weighted by molar-refractivity contribution is 1.14. The Bertz CT molecular complexity index is 728. The van der Waals surface area contributed by atoms with Crippen LogP contribution in [0.2, 0.25) is 0 Å². The fourth-order valence-electron chi connectivity index (χ4n) is 2.52. The first-order chi connectivity index (χ1) is 11.7. The number of nitrogen functional groups attached to an aromatic ring is 2. The van der Waals surface area contributed by atoms with Gasteiger partial charge in [0.15, 0.2) is 0 Å². The van der Waals surface area contributed by atoms with E-state index in [9.17, 15) is 0 Å². The van der Waals surface area contributed by atoms with Gasteiger partial charge in [0.05, 0.1) is 0 Å². The van der Waals surface area contributed by atoms with Crippen molar-refractivity contribution in [3.63, 3.8) is 0 Å². The number of benzene rings is 3. The van der Waals surface area contributed by atoms with Crippen molar-refractivity contribution in [2.45, 2.75) is 13.1 Å². The number of nitrogens with two attached hydrogens (primary N) is 2. The first-order valence-corrected chi connectivity index (χ1v) is 7.96. The van der Waals surface area contributed by atoms with E-state index in [2.05, 4.69) is 47.0 Å². The summed E-state index contributed by atoms with van der Waals surface area (Å²) in [5.74, 6) is 0. The molecule has 3 aromatic rings. The molecule has 6 N–H and O–H groups in total. The van der Waals surface area contributed by atoms with Gasteiger partial charge in [-0.25, -0.2) is 0 Å². The van der Waals surface area contributed by atoms with Crippen molar-refractivity contribution in [3.05, 3.63) is 83.9 Å². The predicted octanol–water partition coefficient (Wildman–Crippen LogP) is 4.08. The van der Waals surface area contributed by atoms with Crippen molar-refractivity contribution in [1.29, 1.82) is 0 Å². The molecule has 0 aliphatic carbocycles. The van der Waals surface area contributed by atoms with Gasteiger partial charge in [-0.15, -0.1) is 0 Å². The first-order valence-electron chi connectivity index (χ1n) is 7.96. The van der Waals surface area contributed by atoms with Gasteiger partial charge in [-0.3, -0.25) is 0 Å². The molecule has 0 aliphatic heterocycles. The number of nitrogens with one attached hydrogen (secondary N) is 2. The van der Waals surface area contributed by atoms with Crippen LogP contribution in [0.3, 0.4) is 0 Å². The van der Waals surface area contributed by atoms with E-state index in [1.54, 1.807) is 0 Å². The second-order valence-corrected chi connectivity index (χ2v) is 5.77. The molecule has 0 spiro atoms. The molecule has 0 saturated heterocycles. The van der Waals surface area contributed by atoms with Gasteiger partial charge in [0.2, 0.25) is 0 Å². The fourth-order valence-corrected chi connectivity index (χ4v) is 2.52. The number of rotatable bonds is 6. The second-order valence-electron chi connectivity index (χ2n) is 5.77. The van der Waals surface area contributed by atoms with Crippen molar-refractivity contribution in [3.8, 4) is 0 Å². The van der Waals surface area contributed by atoms with Gasteiger partial charge in [0, 0.05) is 35.8 Å². The quantitative estimate of drug-likeness (QED) is 0.517. The minimum Gasteiger partial charge on any atom is -0.399 e. The monoisotopic (exact) mass is 318 g/mol. The smallest absolute Gasteiger partial charge is 0.0401 e. The van der Waals surface area contributed by atoms with Crippen LogP contribution in [0.25, 0.3) is 0 Å². The molecule has 0 aliphatic rings. The summed E-state index contributed by atoms with van der Waals surface area (Å²) in [6.45, 7) is 1.50. The minimum atomic E-state index is 0.751. The average molecular weight is 318 g/mol. The van der Waals surface area contributed by atoms with E-state index < -0.39 is 0 Å². The summed E-state index contributed by atoms with van der Waals surface area (Å²) in [5, 5.41) is 6.79. The number of hydrogen-bond donors (Lipinski definition) is 4. The molecule has 3 rings (SSSR count). The van der Waals surface area contributed by atoms with E-state index in [4.69, 9.17) is 11.5 Å². The van der Waals surface area contributed by atoms with Crippen molar-refractivity contribution in [2.24, 2.45) is 0 Å². The third-order valence-corrected chi connectivity index (χ3v) is 3.78. The topological polar surface area (TPSA) is 76.1 Å². The maximum absolute atomic E-state index is 5.79. The Balaban J connectivity index is 1.53. The van der Waals surface area contributed by atoms with Gasteiger partial charge in [-0.2, -0.15) is 0 Å². The van der Waals surface area contributed by atoms with Gasteiger partial charge in [0.1, 0.15) is 0 Å². The molecule has 0 aromatic heterocycles. The maximum Gasteiger partial charge on any atom is 0.0401 e. The molecule has 0 amide bonds. The zero-order valence-electron chi connectivity index (χ0n) is 13.5. The Morgan fingerprint density at radius 3 is 1.38 bits per heavy atom. The Hall–Kier alpha value is -3.14. The molecule has 4 nitrogen and oxygen atoms in total. The Labute approximate surface area is 142 Å². The zero-order chi connectivity index (χ0) is 16.8. The first kappa shape index (κ1) is 15.7. The Kier molecular flexibility index (Phi) is 4.87. The molecule has 0 unspecified atom stereocenters. The standard InChI is InChI=1S/C20H22N4/c21-17-5-1-3-15(11-17)13-23-19-7-9-20(10-8-19)24-14-16-4-2-6-18(22)12-16/h1-12,23-24H,13-14,21-22H2. The van der Waals surface area contributed by atoms with Crippen LogP contribution < -0.4 is 22.1 Å². The second kappa shape index (κ2) is 7.42. The molecule has 0 radical (unpaired) electrons. The van der Waals surface area contributed by atoms with E-state index >= 15 is 0 Å². The van der Waals surface area contributed by atoms with E-state index in [-0.39, 0.29) is 0 Å². The highest BCUT2D eigenvalue weighted by Crippen LogP contribution is 2.16. The highest BCUT2D eigenvalue weighted by atomic mass is 14.9. The third kappa shape index (κ3) is 4.43. The van der Waals surface area contributed by atoms with Crippen LogP contribution in [0.5, 0.6) is 0 Å². The highest BCUT2D eigenvalue weighted by Gasteiger charge is 1.98. The normalized spacial score (nSPS) is 10.3. The van der Waals surface area contributed by atoms with Crippen LogP contribution in [0.4, 0.5) is 22.7 Å². The summed E-state index contributed by atoms with van der Waals surface area (Å²) in [6.07, 6.45) is 0. The van der Waals surface area contributed by atoms with Crippen LogP contribution in [0, 0.1) is 0 Å². The number of hydrogen-bond acceptors (Lipinski definition) is 4.